The Kier molecular flexibility index (Phi) is 3.71. The van der Waals surface area contributed by atoms with E-state index in [0.717, 1.165) is 12.8 Å². The van der Waals surface area contributed by atoms with Crippen LogP contribution in [0.1, 0.15) is 33.6 Å². The van der Waals surface area contributed by atoms with Crippen molar-refractivity contribution in [1.29, 1.82) is 0 Å². The van der Waals surface area contributed by atoms with Crippen molar-refractivity contribution in [3.05, 3.63) is 34.9 Å². The maximum absolute atomic E-state index is 13.1. The third-order valence-electron chi connectivity index (χ3n) is 3.45. The second kappa shape index (κ2) is 5.16. The van der Waals surface area contributed by atoms with Crippen LogP contribution in [0.25, 0.3) is 0 Å². The minimum absolute atomic E-state index is 0.0865. The lowest BCUT2D eigenvalue weighted by Gasteiger charge is -2.13. The molecule has 0 aromatic heterocycles. The Hall–Kier alpha value is -2.02. The molecule has 1 saturated carbocycles. The van der Waals surface area contributed by atoms with Crippen molar-refractivity contribution in [3.63, 3.8) is 0 Å². The zero-order chi connectivity index (χ0) is 14.9. The number of halogens is 2. The first kappa shape index (κ1) is 14.4. The molecule has 0 spiro atoms. The number of carboxylic acid groups (broad SMARTS) is 1. The van der Waals surface area contributed by atoms with Gasteiger partial charge in [0.25, 0.3) is 5.91 Å². The molecule has 0 atom stereocenters. The van der Waals surface area contributed by atoms with Gasteiger partial charge in [-0.1, -0.05) is 0 Å². The zero-order valence-electron chi connectivity index (χ0n) is 10.4. The molecule has 5 nitrogen and oxygen atoms in total. The maximum atomic E-state index is 13.1. The molecule has 1 aromatic carbocycles. The lowest BCUT2D eigenvalue weighted by atomic mass is 10.0. The highest BCUT2D eigenvalue weighted by molar-refractivity contribution is 6.04. The molecule has 2 rings (SSSR count). The molecule has 20 heavy (non-hydrogen) atoms. The van der Waals surface area contributed by atoms with Gasteiger partial charge in [-0.15, -0.1) is 0 Å². The van der Waals surface area contributed by atoms with Gasteiger partial charge >= 0.3 is 5.97 Å². The van der Waals surface area contributed by atoms with Gasteiger partial charge in [0.15, 0.2) is 11.6 Å². The predicted molar refractivity (Wildman–Crippen MR) is 64.4 cm³/mol. The Morgan fingerprint density at radius 3 is 2.20 bits per heavy atom. The summed E-state index contributed by atoms with van der Waals surface area (Å²) in [5.41, 5.74) is -1.40. The smallest absolute Gasteiger partial charge is 0.336 e. The van der Waals surface area contributed by atoms with E-state index in [-0.39, 0.29) is 18.6 Å². The Bertz CT molecular complexity index is 570. The molecule has 0 bridgehead atoms. The summed E-state index contributed by atoms with van der Waals surface area (Å²) >= 11 is 0. The highest BCUT2D eigenvalue weighted by atomic mass is 19.2. The number of benzene rings is 1. The lowest BCUT2D eigenvalue weighted by molar-refractivity contribution is 0.0689. The van der Waals surface area contributed by atoms with Gasteiger partial charge in [-0.3, -0.25) is 4.79 Å². The SMILES string of the molecule is O=C(O)c1cc(F)c(F)cc1C(=O)NCC1(CO)CC1. The van der Waals surface area contributed by atoms with Crippen molar-refractivity contribution in [1.82, 2.24) is 5.32 Å². The Balaban J connectivity index is 2.20. The van der Waals surface area contributed by atoms with Gasteiger partial charge in [-0.2, -0.15) is 0 Å². The van der Waals surface area contributed by atoms with E-state index in [9.17, 15) is 18.4 Å². The molecule has 1 aliphatic rings. The number of rotatable bonds is 5. The molecule has 3 N–H and O–H groups in total. The first-order chi connectivity index (χ1) is 9.38. The molecule has 1 fully saturated rings. The van der Waals surface area contributed by atoms with Gasteiger partial charge in [0, 0.05) is 12.0 Å². The third-order valence-corrected chi connectivity index (χ3v) is 3.45. The number of amides is 1. The van der Waals surface area contributed by atoms with Gasteiger partial charge in [0.2, 0.25) is 0 Å². The van der Waals surface area contributed by atoms with Gasteiger partial charge in [0.1, 0.15) is 0 Å². The zero-order valence-corrected chi connectivity index (χ0v) is 10.4. The molecule has 1 aromatic rings. The first-order valence-corrected chi connectivity index (χ1v) is 6.00. The molecule has 0 aliphatic heterocycles. The highest BCUT2D eigenvalue weighted by Gasteiger charge is 2.42. The van der Waals surface area contributed by atoms with Crippen LogP contribution < -0.4 is 5.32 Å². The van der Waals surface area contributed by atoms with E-state index >= 15 is 0 Å². The van der Waals surface area contributed by atoms with E-state index in [1.54, 1.807) is 0 Å². The van der Waals surface area contributed by atoms with Gasteiger partial charge in [-0.05, 0) is 25.0 Å². The molecule has 1 aliphatic carbocycles. The third kappa shape index (κ3) is 2.77. The van der Waals surface area contributed by atoms with Crippen molar-refractivity contribution in [2.24, 2.45) is 5.41 Å². The van der Waals surface area contributed by atoms with Crippen LogP contribution in [-0.2, 0) is 0 Å². The normalized spacial score (nSPS) is 15.8. The van der Waals surface area contributed by atoms with E-state index < -0.39 is 34.6 Å². The average Bonchev–Trinajstić information content (AvgIpc) is 3.19. The molecule has 0 unspecified atom stereocenters. The number of carboxylic acids is 1. The molecule has 108 valence electrons. The summed E-state index contributed by atoms with van der Waals surface area (Å²) in [6.07, 6.45) is 1.51. The van der Waals surface area contributed by atoms with Gasteiger partial charge in [-0.25, -0.2) is 13.6 Å². The number of aliphatic hydroxyl groups is 1. The Morgan fingerprint density at radius 1 is 1.20 bits per heavy atom. The van der Waals surface area contributed by atoms with Crippen LogP contribution in [0.3, 0.4) is 0 Å². The Labute approximate surface area is 113 Å². The summed E-state index contributed by atoms with van der Waals surface area (Å²) in [6, 6.07) is 1.04. The average molecular weight is 285 g/mol. The molecule has 0 radical (unpaired) electrons. The summed E-state index contributed by atoms with van der Waals surface area (Å²) < 4.78 is 26.2. The van der Waals surface area contributed by atoms with E-state index in [2.05, 4.69) is 5.32 Å². The van der Waals surface area contributed by atoms with Crippen molar-refractivity contribution < 1.29 is 28.6 Å². The fraction of sp³-hybridized carbons (Fsp3) is 0.385. The molecule has 0 heterocycles. The number of hydrogen-bond donors (Lipinski definition) is 3. The van der Waals surface area contributed by atoms with E-state index in [0.29, 0.717) is 12.1 Å². The van der Waals surface area contributed by atoms with E-state index in [4.69, 9.17) is 10.2 Å². The quantitative estimate of drug-likeness (QED) is 0.758. The summed E-state index contributed by atoms with van der Waals surface area (Å²) in [4.78, 5) is 22.8. The highest BCUT2D eigenvalue weighted by Crippen LogP contribution is 2.44. The molecule has 0 saturated heterocycles. The summed E-state index contributed by atoms with van der Waals surface area (Å²) in [5.74, 6) is -4.94. The van der Waals surface area contributed by atoms with Crippen molar-refractivity contribution in [2.45, 2.75) is 12.8 Å². The largest absolute Gasteiger partial charge is 0.478 e. The van der Waals surface area contributed by atoms with Crippen LogP contribution in [0.2, 0.25) is 0 Å². The molecule has 7 heteroatoms. The van der Waals surface area contributed by atoms with E-state index in [1.165, 1.54) is 0 Å². The van der Waals surface area contributed by atoms with Crippen LogP contribution in [0.5, 0.6) is 0 Å². The molecule has 1 amide bonds. The van der Waals surface area contributed by atoms with Crippen LogP contribution in [-0.4, -0.2) is 35.2 Å². The minimum Gasteiger partial charge on any atom is -0.478 e. The van der Waals surface area contributed by atoms with Crippen LogP contribution in [0.4, 0.5) is 8.78 Å². The lowest BCUT2D eigenvalue weighted by Crippen LogP contribution is -2.33. The fourth-order valence-electron chi connectivity index (χ4n) is 1.84. The second-order valence-corrected chi connectivity index (χ2v) is 4.96. The topological polar surface area (TPSA) is 86.6 Å². The van der Waals surface area contributed by atoms with Crippen LogP contribution in [0.15, 0.2) is 12.1 Å². The first-order valence-electron chi connectivity index (χ1n) is 6.00. The van der Waals surface area contributed by atoms with Crippen LogP contribution >= 0.6 is 0 Å². The number of aromatic carboxylic acids is 1. The second-order valence-electron chi connectivity index (χ2n) is 4.96. The fourth-order valence-corrected chi connectivity index (χ4v) is 1.84. The van der Waals surface area contributed by atoms with E-state index in [1.807, 2.05) is 0 Å². The van der Waals surface area contributed by atoms with Crippen LogP contribution in [0, 0.1) is 17.0 Å². The Morgan fingerprint density at radius 2 is 1.75 bits per heavy atom. The summed E-state index contributed by atoms with van der Waals surface area (Å²) in [6.45, 7) is 0.0806. The maximum Gasteiger partial charge on any atom is 0.336 e. The standard InChI is InChI=1S/C13H13F2NO4/c14-9-3-7(8(12(19)20)4-10(9)15)11(18)16-5-13(6-17)1-2-13/h3-4,17H,1-2,5-6H2,(H,16,18)(H,19,20). The number of carbonyl (C=O) groups excluding carboxylic acids is 1. The van der Waals surface area contributed by atoms with Crippen molar-refractivity contribution in [2.75, 3.05) is 13.2 Å². The number of hydrogen-bond acceptors (Lipinski definition) is 3. The number of aliphatic hydroxyl groups excluding tert-OH is 1. The predicted octanol–water partition coefficient (Wildman–Crippen LogP) is 1.17. The number of nitrogens with one attached hydrogen (secondary N) is 1. The summed E-state index contributed by atoms with van der Waals surface area (Å²) in [5, 5.41) is 20.5. The monoisotopic (exact) mass is 285 g/mol. The van der Waals surface area contributed by atoms with Crippen molar-refractivity contribution >= 4 is 11.9 Å². The van der Waals surface area contributed by atoms with Crippen molar-refractivity contribution in [3.8, 4) is 0 Å². The molecular formula is C13H13F2NO4. The summed E-state index contributed by atoms with van der Waals surface area (Å²) in [7, 11) is 0. The number of carbonyl (C=O) groups is 2. The van der Waals surface area contributed by atoms with Gasteiger partial charge in [0.05, 0.1) is 17.7 Å². The van der Waals surface area contributed by atoms with Gasteiger partial charge < -0.3 is 15.5 Å². The minimum atomic E-state index is -1.52. The molecular weight excluding hydrogens is 272 g/mol.